The molecule has 0 amide bonds. The van der Waals surface area contributed by atoms with E-state index in [2.05, 4.69) is 23.7 Å². The van der Waals surface area contributed by atoms with Crippen LogP contribution >= 0.6 is 0 Å². The lowest BCUT2D eigenvalue weighted by molar-refractivity contribution is -0.0510. The molecule has 2 rings (SSSR count). The Balaban J connectivity index is 0.000000221. The van der Waals surface area contributed by atoms with Gasteiger partial charge in [-0.3, -0.25) is 9.54 Å². The Morgan fingerprint density at radius 3 is 2.35 bits per heavy atom. The van der Waals surface area contributed by atoms with Crippen molar-refractivity contribution >= 4 is 27.1 Å². The van der Waals surface area contributed by atoms with Gasteiger partial charge >= 0.3 is 15.6 Å². The van der Waals surface area contributed by atoms with Crippen LogP contribution in [0.1, 0.15) is 5.56 Å². The van der Waals surface area contributed by atoms with E-state index in [4.69, 9.17) is 13.0 Å². The van der Waals surface area contributed by atoms with E-state index < -0.39 is 15.6 Å². The summed E-state index contributed by atoms with van der Waals surface area (Å²) in [6.07, 6.45) is 3.64. The summed E-state index contributed by atoms with van der Waals surface area (Å²) in [5, 5.41) is 1.16. The number of halogens is 3. The van der Waals surface area contributed by atoms with Crippen molar-refractivity contribution in [1.29, 1.82) is 0 Å². The molecular weight excluding hydrogens is 295 g/mol. The molecule has 0 aliphatic carbocycles. The molecule has 0 aliphatic rings. The second-order valence-corrected chi connectivity index (χ2v) is 4.99. The summed E-state index contributed by atoms with van der Waals surface area (Å²) in [6.45, 7) is 3.72. The molecule has 108 valence electrons. The van der Waals surface area contributed by atoms with Gasteiger partial charge in [-0.2, -0.15) is 21.6 Å². The average Bonchev–Trinajstić information content (AvgIpc) is 2.36. The van der Waals surface area contributed by atoms with E-state index in [0.29, 0.717) is 0 Å². The molecular formula is C12H10F3NO3S. The molecule has 0 bridgehead atoms. The van der Waals surface area contributed by atoms with Crippen LogP contribution in [0.15, 0.2) is 43.1 Å². The van der Waals surface area contributed by atoms with Crippen molar-refractivity contribution < 1.29 is 26.1 Å². The second kappa shape index (κ2) is 6.02. The van der Waals surface area contributed by atoms with Crippen LogP contribution in [0.25, 0.3) is 17.0 Å². The van der Waals surface area contributed by atoms with Gasteiger partial charge in [-0.1, -0.05) is 24.8 Å². The molecule has 0 radical (unpaired) electrons. The Hall–Kier alpha value is -1.93. The molecule has 0 saturated heterocycles. The Kier molecular flexibility index (Phi) is 4.85. The maximum Gasteiger partial charge on any atom is 0.522 e. The fourth-order valence-electron chi connectivity index (χ4n) is 1.22. The molecule has 1 heterocycles. The molecule has 0 unspecified atom stereocenters. The van der Waals surface area contributed by atoms with Crippen molar-refractivity contribution in [2.24, 2.45) is 0 Å². The van der Waals surface area contributed by atoms with E-state index in [9.17, 15) is 13.2 Å². The van der Waals surface area contributed by atoms with Crippen LogP contribution in [-0.4, -0.2) is 23.5 Å². The summed E-state index contributed by atoms with van der Waals surface area (Å²) in [6, 6.07) is 10.1. The Labute approximate surface area is 113 Å². The van der Waals surface area contributed by atoms with Crippen molar-refractivity contribution in [2.75, 3.05) is 0 Å². The molecule has 4 nitrogen and oxygen atoms in total. The number of hydrogen-bond donors (Lipinski definition) is 1. The van der Waals surface area contributed by atoms with Gasteiger partial charge in [0.25, 0.3) is 0 Å². The first-order valence-electron chi connectivity index (χ1n) is 5.16. The number of fused-ring (bicyclic) bond motifs is 1. The van der Waals surface area contributed by atoms with E-state index in [-0.39, 0.29) is 0 Å². The summed E-state index contributed by atoms with van der Waals surface area (Å²) < 4.78 is 57.5. The number of aromatic nitrogens is 1. The highest BCUT2D eigenvalue weighted by Crippen LogP contribution is 2.20. The quantitative estimate of drug-likeness (QED) is 0.648. The average molecular weight is 305 g/mol. The largest absolute Gasteiger partial charge is 0.522 e. The summed E-state index contributed by atoms with van der Waals surface area (Å²) in [5.74, 6) is 0. The van der Waals surface area contributed by atoms with Crippen LogP contribution in [0.4, 0.5) is 13.2 Å². The highest BCUT2D eigenvalue weighted by Gasteiger charge is 2.44. The fraction of sp³-hybridized carbons (Fsp3) is 0.0833. The van der Waals surface area contributed by atoms with Gasteiger partial charge in [0.05, 0.1) is 5.52 Å². The van der Waals surface area contributed by atoms with E-state index in [1.165, 1.54) is 0 Å². The zero-order valence-electron chi connectivity index (χ0n) is 10.0. The van der Waals surface area contributed by atoms with Crippen LogP contribution in [0, 0.1) is 0 Å². The summed E-state index contributed by atoms with van der Waals surface area (Å²) in [4.78, 5) is 4.22. The van der Waals surface area contributed by atoms with E-state index in [1.807, 2.05) is 24.3 Å². The lowest BCUT2D eigenvalue weighted by Crippen LogP contribution is -2.21. The molecule has 2 aromatic rings. The first-order chi connectivity index (χ1) is 9.15. The normalized spacial score (nSPS) is 11.6. The molecule has 0 aliphatic heterocycles. The standard InChI is InChI=1S/C11H9N.CHF3O3S/c1-2-9-5-6-11-10(8-9)4-3-7-12-11;2-1(3,4)8(5,6)7/h2-8H,1H2;(H,5,6,7). The van der Waals surface area contributed by atoms with Crippen LogP contribution in [0.2, 0.25) is 0 Å². The predicted octanol–water partition coefficient (Wildman–Crippen LogP) is 3.27. The maximum atomic E-state index is 10.7. The van der Waals surface area contributed by atoms with Gasteiger partial charge in [0.15, 0.2) is 0 Å². The summed E-state index contributed by atoms with van der Waals surface area (Å²) in [7, 11) is -5.84. The van der Waals surface area contributed by atoms with Crippen LogP contribution in [-0.2, 0) is 10.1 Å². The Bertz CT molecular complexity index is 711. The predicted molar refractivity (Wildman–Crippen MR) is 69.4 cm³/mol. The van der Waals surface area contributed by atoms with Crippen molar-refractivity contribution in [3.05, 3.63) is 48.7 Å². The number of alkyl halides is 3. The third-order valence-corrected chi connectivity index (χ3v) is 2.74. The molecule has 1 aromatic heterocycles. The first-order valence-corrected chi connectivity index (χ1v) is 6.60. The summed E-state index contributed by atoms with van der Waals surface area (Å²) in [5.41, 5.74) is -3.37. The second-order valence-electron chi connectivity index (χ2n) is 3.58. The van der Waals surface area contributed by atoms with Gasteiger partial charge < -0.3 is 0 Å². The van der Waals surface area contributed by atoms with Gasteiger partial charge in [0.2, 0.25) is 0 Å². The zero-order chi connectivity index (χ0) is 15.4. The molecule has 0 saturated carbocycles. The van der Waals surface area contributed by atoms with E-state index in [1.54, 1.807) is 6.20 Å². The van der Waals surface area contributed by atoms with Crippen LogP contribution in [0.3, 0.4) is 0 Å². The van der Waals surface area contributed by atoms with Gasteiger partial charge in [-0.05, 0) is 23.8 Å². The lowest BCUT2D eigenvalue weighted by atomic mass is 10.1. The third kappa shape index (κ3) is 4.32. The molecule has 0 fully saturated rings. The number of nitrogens with zero attached hydrogens (tertiary/aromatic N) is 1. The van der Waals surface area contributed by atoms with Crippen molar-refractivity contribution in [1.82, 2.24) is 4.98 Å². The Morgan fingerprint density at radius 2 is 1.85 bits per heavy atom. The van der Waals surface area contributed by atoms with Gasteiger partial charge in [0, 0.05) is 11.6 Å². The number of pyridine rings is 1. The smallest absolute Gasteiger partial charge is 0.279 e. The molecule has 8 heteroatoms. The number of hydrogen-bond acceptors (Lipinski definition) is 3. The van der Waals surface area contributed by atoms with Crippen molar-refractivity contribution in [3.63, 3.8) is 0 Å². The Morgan fingerprint density at radius 1 is 1.25 bits per heavy atom. The molecule has 0 atom stereocenters. The number of rotatable bonds is 1. The summed E-state index contributed by atoms with van der Waals surface area (Å²) >= 11 is 0. The molecule has 0 spiro atoms. The van der Waals surface area contributed by atoms with Gasteiger partial charge in [0.1, 0.15) is 0 Å². The topological polar surface area (TPSA) is 67.3 Å². The zero-order valence-corrected chi connectivity index (χ0v) is 10.8. The van der Waals surface area contributed by atoms with Crippen LogP contribution < -0.4 is 0 Å². The lowest BCUT2D eigenvalue weighted by Gasteiger charge is -1.97. The molecule has 1 N–H and O–H groups in total. The minimum absolute atomic E-state index is 1.03. The highest BCUT2D eigenvalue weighted by molar-refractivity contribution is 7.86. The van der Waals surface area contributed by atoms with Crippen molar-refractivity contribution in [3.8, 4) is 0 Å². The fourth-order valence-corrected chi connectivity index (χ4v) is 1.22. The van der Waals surface area contributed by atoms with Gasteiger partial charge in [-0.15, -0.1) is 0 Å². The van der Waals surface area contributed by atoms with Crippen molar-refractivity contribution in [2.45, 2.75) is 5.51 Å². The highest BCUT2D eigenvalue weighted by atomic mass is 32.2. The molecule has 1 aromatic carbocycles. The number of benzene rings is 1. The SMILES string of the molecule is C=Cc1ccc2ncccc2c1.O=S(=O)(O)C(F)(F)F. The first kappa shape index (κ1) is 16.1. The minimum atomic E-state index is -5.84. The monoisotopic (exact) mass is 305 g/mol. The van der Waals surface area contributed by atoms with E-state index >= 15 is 0 Å². The van der Waals surface area contributed by atoms with Gasteiger partial charge in [-0.25, -0.2) is 0 Å². The maximum absolute atomic E-state index is 10.7. The minimum Gasteiger partial charge on any atom is -0.279 e. The molecule has 20 heavy (non-hydrogen) atoms. The van der Waals surface area contributed by atoms with Crippen LogP contribution in [0.5, 0.6) is 0 Å². The third-order valence-electron chi connectivity index (χ3n) is 2.16. The van der Waals surface area contributed by atoms with E-state index in [0.717, 1.165) is 16.5 Å².